The molecule has 2 aliphatic rings. The fraction of sp³-hybridized carbons (Fsp3) is 0.433. The van der Waals surface area contributed by atoms with E-state index in [1.54, 1.807) is 26.0 Å². The van der Waals surface area contributed by atoms with E-state index >= 15 is 4.39 Å². The van der Waals surface area contributed by atoms with Crippen molar-refractivity contribution in [2.45, 2.75) is 52.0 Å². The number of halogens is 1. The van der Waals surface area contributed by atoms with Gasteiger partial charge in [-0.25, -0.2) is 4.39 Å². The van der Waals surface area contributed by atoms with Gasteiger partial charge in [-0.3, -0.25) is 14.3 Å². The summed E-state index contributed by atoms with van der Waals surface area (Å²) in [7, 11) is 3.34. The molecule has 1 fully saturated rings. The summed E-state index contributed by atoms with van der Waals surface area (Å²) in [5, 5.41) is 5.01. The van der Waals surface area contributed by atoms with Crippen LogP contribution in [0.25, 0.3) is 11.1 Å². The number of amides is 2. The van der Waals surface area contributed by atoms with Crippen molar-refractivity contribution in [3.05, 3.63) is 65.2 Å². The Labute approximate surface area is 223 Å². The lowest BCUT2D eigenvalue weighted by Crippen LogP contribution is -2.38. The molecule has 2 amide bonds. The fourth-order valence-electron chi connectivity index (χ4n) is 5.79. The summed E-state index contributed by atoms with van der Waals surface area (Å²) in [4.78, 5) is 27.5. The lowest BCUT2D eigenvalue weighted by molar-refractivity contribution is -0.130. The highest BCUT2D eigenvalue weighted by Gasteiger charge is 2.31. The van der Waals surface area contributed by atoms with E-state index in [9.17, 15) is 9.59 Å². The number of hydrogen-bond donors (Lipinski definition) is 0. The molecule has 3 aromatic rings. The molecule has 38 heavy (non-hydrogen) atoms. The van der Waals surface area contributed by atoms with Crippen molar-refractivity contribution < 1.29 is 18.7 Å². The second kappa shape index (κ2) is 10.6. The number of carbonyl (C=O) groups excluding carboxylic acids is 2. The third kappa shape index (κ3) is 5.04. The van der Waals surface area contributed by atoms with Gasteiger partial charge in [0, 0.05) is 62.4 Å². The number of ether oxygens (including phenoxy) is 1. The van der Waals surface area contributed by atoms with Gasteiger partial charge in [-0.2, -0.15) is 5.10 Å². The summed E-state index contributed by atoms with van der Waals surface area (Å²) in [6.07, 6.45) is 4.75. The van der Waals surface area contributed by atoms with Crippen molar-refractivity contribution in [1.82, 2.24) is 14.7 Å². The summed E-state index contributed by atoms with van der Waals surface area (Å²) < 4.78 is 22.8. The Morgan fingerprint density at radius 3 is 2.50 bits per heavy atom. The molecule has 1 unspecified atom stereocenters. The second-order valence-electron chi connectivity index (χ2n) is 10.5. The molecular formula is C30H35FN4O3. The quantitative estimate of drug-likeness (QED) is 0.460. The Morgan fingerprint density at radius 2 is 1.84 bits per heavy atom. The minimum absolute atomic E-state index is 0.00294. The lowest BCUT2D eigenvalue weighted by atomic mass is 9.81. The number of carbonyl (C=O) groups is 2. The Morgan fingerprint density at radius 1 is 1.13 bits per heavy atom. The molecular weight excluding hydrogens is 483 g/mol. The topological polar surface area (TPSA) is 67.7 Å². The number of aryl methyl sites for hydroxylation is 1. The molecule has 3 heterocycles. The number of methoxy groups -OCH3 is 1. The van der Waals surface area contributed by atoms with Crippen LogP contribution in [0.4, 0.5) is 10.1 Å². The molecule has 0 bridgehead atoms. The Kier molecular flexibility index (Phi) is 7.23. The largest absolute Gasteiger partial charge is 0.497 e. The van der Waals surface area contributed by atoms with Crippen LogP contribution in [0.15, 0.2) is 42.6 Å². The predicted molar refractivity (Wildman–Crippen MR) is 145 cm³/mol. The van der Waals surface area contributed by atoms with Crippen LogP contribution in [-0.4, -0.2) is 53.7 Å². The van der Waals surface area contributed by atoms with Crippen molar-refractivity contribution in [3.63, 3.8) is 0 Å². The van der Waals surface area contributed by atoms with Crippen LogP contribution in [0.1, 0.15) is 55.8 Å². The highest BCUT2D eigenvalue weighted by molar-refractivity contribution is 5.96. The van der Waals surface area contributed by atoms with Gasteiger partial charge < -0.3 is 14.5 Å². The Bertz CT molecular complexity index is 1340. The van der Waals surface area contributed by atoms with Crippen LogP contribution in [0, 0.1) is 11.7 Å². The van der Waals surface area contributed by atoms with Crippen LogP contribution < -0.4 is 9.64 Å². The second-order valence-corrected chi connectivity index (χ2v) is 10.5. The van der Waals surface area contributed by atoms with Gasteiger partial charge in [0.15, 0.2) is 0 Å². The summed E-state index contributed by atoms with van der Waals surface area (Å²) in [6, 6.07) is 11.2. The standard InChI is InChI=1S/C30H35FN4O3/c1-19(22-11-13-34(14-12-22)20(2)36)30-26(18-35(32-30)17-21-5-8-24(38-4)9-6-21)25-15-23-7-10-29(37)33(3)28(23)16-27(25)31/h5-6,8-9,15-16,18-19,22H,7,10-14,17H2,1-4H3. The Hall–Kier alpha value is -3.68. The summed E-state index contributed by atoms with van der Waals surface area (Å²) >= 11 is 0. The first-order valence-corrected chi connectivity index (χ1v) is 13.3. The number of piperidine rings is 1. The number of benzene rings is 2. The zero-order valence-corrected chi connectivity index (χ0v) is 22.5. The molecule has 8 heteroatoms. The summed E-state index contributed by atoms with van der Waals surface area (Å²) in [6.45, 7) is 5.81. The fourth-order valence-corrected chi connectivity index (χ4v) is 5.79. The van der Waals surface area contributed by atoms with Crippen molar-refractivity contribution >= 4 is 17.5 Å². The predicted octanol–water partition coefficient (Wildman–Crippen LogP) is 5.02. The smallest absolute Gasteiger partial charge is 0.227 e. The van der Waals surface area contributed by atoms with Gasteiger partial charge in [0.25, 0.3) is 0 Å². The van der Waals surface area contributed by atoms with E-state index in [0.717, 1.165) is 54.1 Å². The molecule has 1 aromatic heterocycles. The first-order valence-electron chi connectivity index (χ1n) is 13.3. The van der Waals surface area contributed by atoms with Crippen LogP contribution >= 0.6 is 0 Å². The van der Waals surface area contributed by atoms with E-state index < -0.39 is 0 Å². The maximum absolute atomic E-state index is 15.7. The molecule has 5 rings (SSSR count). The highest BCUT2D eigenvalue weighted by Crippen LogP contribution is 2.40. The van der Waals surface area contributed by atoms with E-state index in [1.807, 2.05) is 46.1 Å². The van der Waals surface area contributed by atoms with E-state index in [-0.39, 0.29) is 23.5 Å². The number of nitrogens with zero attached hydrogens (tertiary/aromatic N) is 4. The zero-order valence-electron chi connectivity index (χ0n) is 22.5. The molecule has 200 valence electrons. The number of hydrogen-bond acceptors (Lipinski definition) is 4. The molecule has 1 atom stereocenters. The van der Waals surface area contributed by atoms with Gasteiger partial charge in [0.05, 0.1) is 19.3 Å². The van der Waals surface area contributed by atoms with Crippen molar-refractivity contribution in [2.75, 3.05) is 32.1 Å². The minimum atomic E-state index is -0.353. The molecule has 1 saturated heterocycles. The molecule has 0 spiro atoms. The van der Waals surface area contributed by atoms with Gasteiger partial charge in [0.2, 0.25) is 11.8 Å². The SMILES string of the molecule is COc1ccc(Cn2cc(-c3cc4c(cc3F)N(C)C(=O)CC4)c(C(C)C3CCN(C(C)=O)CC3)n2)cc1. The number of likely N-dealkylation sites (tertiary alicyclic amines) is 1. The van der Waals surface area contributed by atoms with E-state index in [0.29, 0.717) is 36.6 Å². The van der Waals surface area contributed by atoms with Crippen molar-refractivity contribution in [3.8, 4) is 16.9 Å². The third-order valence-corrected chi connectivity index (χ3v) is 8.22. The van der Waals surface area contributed by atoms with Gasteiger partial charge in [0.1, 0.15) is 11.6 Å². The molecule has 0 radical (unpaired) electrons. The minimum Gasteiger partial charge on any atom is -0.497 e. The van der Waals surface area contributed by atoms with Crippen LogP contribution in [0.5, 0.6) is 5.75 Å². The van der Waals surface area contributed by atoms with Gasteiger partial charge >= 0.3 is 0 Å². The van der Waals surface area contributed by atoms with E-state index in [2.05, 4.69) is 6.92 Å². The van der Waals surface area contributed by atoms with Crippen LogP contribution in [-0.2, 0) is 22.6 Å². The molecule has 2 aliphatic heterocycles. The van der Waals surface area contributed by atoms with Crippen LogP contribution in [0.3, 0.4) is 0 Å². The molecule has 7 nitrogen and oxygen atoms in total. The van der Waals surface area contributed by atoms with Crippen molar-refractivity contribution in [1.29, 1.82) is 0 Å². The van der Waals surface area contributed by atoms with Crippen molar-refractivity contribution in [2.24, 2.45) is 5.92 Å². The average Bonchev–Trinajstić information content (AvgIpc) is 3.34. The highest BCUT2D eigenvalue weighted by atomic mass is 19.1. The number of anilines is 1. The van der Waals surface area contributed by atoms with Crippen LogP contribution in [0.2, 0.25) is 0 Å². The molecule has 0 N–H and O–H groups in total. The van der Waals surface area contributed by atoms with E-state index in [4.69, 9.17) is 9.84 Å². The number of fused-ring (bicyclic) bond motifs is 1. The lowest BCUT2D eigenvalue weighted by Gasteiger charge is -2.34. The molecule has 2 aromatic carbocycles. The third-order valence-electron chi connectivity index (χ3n) is 8.22. The van der Waals surface area contributed by atoms with E-state index in [1.165, 1.54) is 6.07 Å². The summed E-state index contributed by atoms with van der Waals surface area (Å²) in [5.74, 6) is 0.993. The zero-order chi connectivity index (χ0) is 27.0. The van der Waals surface area contributed by atoms with Gasteiger partial charge in [-0.15, -0.1) is 0 Å². The monoisotopic (exact) mass is 518 g/mol. The maximum atomic E-state index is 15.7. The molecule has 0 aliphatic carbocycles. The first kappa shape index (κ1) is 25.9. The first-order chi connectivity index (χ1) is 18.2. The number of rotatable bonds is 6. The summed E-state index contributed by atoms with van der Waals surface area (Å²) in [5.41, 5.74) is 4.87. The Balaban J connectivity index is 1.51. The van der Waals surface area contributed by atoms with Gasteiger partial charge in [-0.05, 0) is 60.6 Å². The molecule has 0 saturated carbocycles. The average molecular weight is 519 g/mol. The van der Waals surface area contributed by atoms with Gasteiger partial charge in [-0.1, -0.05) is 19.1 Å². The maximum Gasteiger partial charge on any atom is 0.227 e. The number of aromatic nitrogens is 2. The normalized spacial score (nSPS) is 16.9.